The molecule has 4 amide bonds. The second kappa shape index (κ2) is 26.2. The first-order valence-electron chi connectivity index (χ1n) is 26.5. The standard InChI is InChI=1S/2C29H32ClN5O5/c2*1-17(18-4-3-5-22(12-18)39-2)32-27(37)25(16-36)35-15-20-7-6-19(13-23(20)28(35)38)26-24(30)14-31-29(34-26)33-21-8-10-40-11-9-21/h2*3-7,12-14,17,21,25,36H,8-11,15-16H2,1-2H3,(H,32,37)(H,31,33,34)/t17-,25+;17-,25-/m11/s1. The number of hydrogen-bond donors (Lipinski definition) is 6. The zero-order chi connectivity index (χ0) is 56.5. The number of aliphatic hydroxyl groups excluding tert-OH is 2. The molecule has 20 nitrogen and oxygen atoms in total. The van der Waals surface area contributed by atoms with Crippen molar-refractivity contribution in [3.63, 3.8) is 0 Å². The molecule has 0 radical (unpaired) electrons. The number of carbonyl (C=O) groups excluding carboxylic acids is 4. The van der Waals surface area contributed by atoms with Gasteiger partial charge in [0.15, 0.2) is 0 Å². The van der Waals surface area contributed by atoms with Gasteiger partial charge in [0.2, 0.25) is 23.7 Å². The predicted molar refractivity (Wildman–Crippen MR) is 300 cm³/mol. The molecule has 2 aromatic heterocycles. The molecule has 6 aromatic rings. The summed E-state index contributed by atoms with van der Waals surface area (Å²) in [5.74, 6) is 0.700. The van der Waals surface area contributed by atoms with Gasteiger partial charge in [-0.2, -0.15) is 0 Å². The number of hydrogen-bond acceptors (Lipinski definition) is 16. The van der Waals surface area contributed by atoms with Crippen molar-refractivity contribution >= 4 is 58.7 Å². The lowest BCUT2D eigenvalue weighted by atomic mass is 10.0. The summed E-state index contributed by atoms with van der Waals surface area (Å²) in [7, 11) is 3.15. The van der Waals surface area contributed by atoms with Gasteiger partial charge in [-0.05, 0) is 98.2 Å². The Labute approximate surface area is 473 Å². The Balaban J connectivity index is 0.000000194. The van der Waals surface area contributed by atoms with Crippen molar-refractivity contribution in [1.82, 2.24) is 40.4 Å². The maximum absolute atomic E-state index is 13.5. The largest absolute Gasteiger partial charge is 0.497 e. The zero-order valence-corrected chi connectivity index (χ0v) is 46.3. The predicted octanol–water partition coefficient (Wildman–Crippen LogP) is 7.18. The highest BCUT2D eigenvalue weighted by Crippen LogP contribution is 2.35. The van der Waals surface area contributed by atoms with Crippen molar-refractivity contribution in [2.75, 3.05) is 64.5 Å². The molecule has 0 aliphatic carbocycles. The molecular weight excluding hydrogens is 1070 g/mol. The fourth-order valence-electron chi connectivity index (χ4n) is 10.0. The first-order valence-corrected chi connectivity index (χ1v) is 27.2. The first kappa shape index (κ1) is 57.2. The van der Waals surface area contributed by atoms with Gasteiger partial charge in [0, 0.05) is 73.9 Å². The molecule has 0 spiro atoms. The van der Waals surface area contributed by atoms with Crippen LogP contribution in [0.2, 0.25) is 10.0 Å². The van der Waals surface area contributed by atoms with Crippen LogP contribution in [0.5, 0.6) is 11.5 Å². The van der Waals surface area contributed by atoms with Crippen LogP contribution in [0.4, 0.5) is 11.9 Å². The SMILES string of the molecule is COc1cccc([C@@H](C)NC(=O)[C@@H](CO)N2Cc3ccc(-c4nc(NC5CCOCC5)ncc4Cl)cc3C2=O)c1.COc1cccc([C@@H](C)NC(=O)[C@H](CO)N2Cc3ccc(-c4nc(NC5CCOCC5)ncc4Cl)cc3C2=O)c1. The van der Waals surface area contributed by atoms with E-state index in [0.29, 0.717) is 93.5 Å². The van der Waals surface area contributed by atoms with Gasteiger partial charge < -0.3 is 60.2 Å². The van der Waals surface area contributed by atoms with Crippen LogP contribution in [0.3, 0.4) is 0 Å². The molecule has 22 heteroatoms. The molecule has 4 aliphatic rings. The number of aliphatic hydroxyl groups is 2. The monoisotopic (exact) mass is 1130 g/mol. The molecular formula is C58H64Cl2N10O10. The molecule has 2 saturated heterocycles. The lowest BCUT2D eigenvalue weighted by Gasteiger charge is -2.27. The van der Waals surface area contributed by atoms with Gasteiger partial charge in [-0.3, -0.25) is 19.2 Å². The van der Waals surface area contributed by atoms with E-state index >= 15 is 0 Å². The smallest absolute Gasteiger partial charge is 0.255 e. The number of nitrogens with zero attached hydrogens (tertiary/aromatic N) is 6. The average Bonchev–Trinajstić information content (AvgIpc) is 4.07. The van der Waals surface area contributed by atoms with E-state index in [4.69, 9.17) is 42.1 Å². The molecule has 80 heavy (non-hydrogen) atoms. The summed E-state index contributed by atoms with van der Waals surface area (Å²) in [5, 5.41) is 33.5. The number of methoxy groups -OCH3 is 2. The maximum atomic E-state index is 13.5. The van der Waals surface area contributed by atoms with Gasteiger partial charge in [-0.25, -0.2) is 19.9 Å². The second-order valence-electron chi connectivity index (χ2n) is 19.9. The van der Waals surface area contributed by atoms with Crippen molar-refractivity contribution in [2.45, 2.75) is 88.9 Å². The summed E-state index contributed by atoms with van der Waals surface area (Å²) >= 11 is 12.9. The quantitative estimate of drug-likeness (QED) is 0.0499. The van der Waals surface area contributed by atoms with Crippen molar-refractivity contribution in [2.24, 2.45) is 0 Å². The third kappa shape index (κ3) is 13.2. The topological polar surface area (TPSA) is 252 Å². The van der Waals surface area contributed by atoms with Gasteiger partial charge in [0.1, 0.15) is 23.6 Å². The normalized spacial score (nSPS) is 16.8. The van der Waals surface area contributed by atoms with E-state index < -0.39 is 37.1 Å². The van der Waals surface area contributed by atoms with Crippen LogP contribution in [0.15, 0.2) is 97.3 Å². The van der Waals surface area contributed by atoms with Gasteiger partial charge in [-0.1, -0.05) is 71.7 Å². The van der Waals surface area contributed by atoms with E-state index in [1.165, 1.54) is 9.80 Å². The number of nitrogens with one attached hydrogen (secondary N) is 4. The molecule has 420 valence electrons. The average molecular weight is 1130 g/mol. The maximum Gasteiger partial charge on any atom is 0.255 e. The van der Waals surface area contributed by atoms with E-state index in [1.54, 1.807) is 38.7 Å². The summed E-state index contributed by atoms with van der Waals surface area (Å²) in [6, 6.07) is 23.2. The molecule has 2 fully saturated rings. The van der Waals surface area contributed by atoms with Gasteiger partial charge >= 0.3 is 0 Å². The van der Waals surface area contributed by atoms with Gasteiger partial charge in [-0.15, -0.1) is 0 Å². The van der Waals surface area contributed by atoms with Crippen LogP contribution < -0.4 is 30.7 Å². The highest BCUT2D eigenvalue weighted by molar-refractivity contribution is 6.33. The van der Waals surface area contributed by atoms with Gasteiger partial charge in [0.05, 0.1) is 73.3 Å². The molecule has 0 unspecified atom stereocenters. The number of aromatic nitrogens is 4. The fraction of sp³-hybridized carbons (Fsp3) is 0.379. The Hall–Kier alpha value is -7.46. The van der Waals surface area contributed by atoms with Crippen LogP contribution in [0.25, 0.3) is 22.5 Å². The lowest BCUT2D eigenvalue weighted by Crippen LogP contribution is -2.49. The van der Waals surface area contributed by atoms with E-state index in [-0.39, 0.29) is 49.1 Å². The van der Waals surface area contributed by atoms with Crippen molar-refractivity contribution < 1.29 is 48.3 Å². The number of anilines is 2. The number of carbonyl (C=O) groups is 4. The summed E-state index contributed by atoms with van der Waals surface area (Å²) in [4.78, 5) is 74.0. The van der Waals surface area contributed by atoms with Crippen LogP contribution >= 0.6 is 23.2 Å². The third-order valence-electron chi connectivity index (χ3n) is 14.6. The Morgan fingerprint density at radius 2 is 1.02 bits per heavy atom. The molecule has 10 rings (SSSR count). The molecule has 4 aliphatic heterocycles. The van der Waals surface area contributed by atoms with E-state index in [0.717, 1.165) is 47.9 Å². The second-order valence-corrected chi connectivity index (χ2v) is 20.7. The van der Waals surface area contributed by atoms with E-state index in [2.05, 4.69) is 41.2 Å². The minimum Gasteiger partial charge on any atom is -0.497 e. The molecule has 0 saturated carbocycles. The Kier molecular flexibility index (Phi) is 18.8. The number of benzene rings is 4. The van der Waals surface area contributed by atoms with Crippen molar-refractivity contribution in [3.8, 4) is 34.0 Å². The number of fused-ring (bicyclic) bond motifs is 2. The zero-order valence-electron chi connectivity index (χ0n) is 44.8. The number of halogens is 2. The van der Waals surface area contributed by atoms with Crippen LogP contribution in [0, 0.1) is 0 Å². The molecule has 4 atom stereocenters. The fourth-order valence-corrected chi connectivity index (χ4v) is 10.4. The Bertz CT molecular complexity index is 3000. The molecule has 6 N–H and O–H groups in total. The van der Waals surface area contributed by atoms with E-state index in [9.17, 15) is 29.4 Å². The lowest BCUT2D eigenvalue weighted by molar-refractivity contribution is -0.128. The molecule has 6 heterocycles. The van der Waals surface area contributed by atoms with Crippen LogP contribution in [0.1, 0.15) is 94.6 Å². The first-order chi connectivity index (χ1) is 38.7. The minimum atomic E-state index is -1.05. The Morgan fingerprint density at radius 3 is 1.40 bits per heavy atom. The Morgan fingerprint density at radius 1 is 0.625 bits per heavy atom. The summed E-state index contributed by atoms with van der Waals surface area (Å²) in [6.07, 6.45) is 6.54. The van der Waals surface area contributed by atoms with Crippen molar-refractivity contribution in [3.05, 3.63) is 141 Å². The summed E-state index contributed by atoms with van der Waals surface area (Å²) < 4.78 is 21.4. The van der Waals surface area contributed by atoms with Crippen molar-refractivity contribution in [1.29, 1.82) is 0 Å². The summed E-state index contributed by atoms with van der Waals surface area (Å²) in [5.41, 5.74) is 6.42. The van der Waals surface area contributed by atoms with Crippen LogP contribution in [-0.4, -0.2) is 142 Å². The minimum absolute atomic E-state index is 0.203. The number of ether oxygens (including phenoxy) is 4. The highest BCUT2D eigenvalue weighted by Gasteiger charge is 2.39. The highest BCUT2D eigenvalue weighted by atomic mass is 35.5. The molecule has 4 aromatic carbocycles. The van der Waals surface area contributed by atoms with E-state index in [1.807, 2.05) is 86.6 Å². The van der Waals surface area contributed by atoms with Crippen LogP contribution in [-0.2, 0) is 32.2 Å². The number of amides is 4. The summed E-state index contributed by atoms with van der Waals surface area (Å²) in [6.45, 7) is 5.81. The number of rotatable bonds is 18. The molecule has 0 bridgehead atoms. The third-order valence-corrected chi connectivity index (χ3v) is 15.2. The van der Waals surface area contributed by atoms with Gasteiger partial charge in [0.25, 0.3) is 11.8 Å².